The summed E-state index contributed by atoms with van der Waals surface area (Å²) in [5.41, 5.74) is 2.29. The number of benzene rings is 1. The maximum atomic E-state index is 13.2. The first-order valence-corrected chi connectivity index (χ1v) is 8.64. The molecule has 0 spiro atoms. The lowest BCUT2D eigenvalue weighted by Gasteiger charge is -2.36. The van der Waals surface area contributed by atoms with Crippen molar-refractivity contribution >= 4 is 11.6 Å². The third kappa shape index (κ3) is 3.37. The van der Waals surface area contributed by atoms with E-state index in [0.29, 0.717) is 13.0 Å². The average molecular weight is 316 g/mol. The van der Waals surface area contributed by atoms with Gasteiger partial charge in [-0.1, -0.05) is 32.0 Å². The molecule has 1 fully saturated rings. The van der Waals surface area contributed by atoms with Crippen LogP contribution in [0.25, 0.3) is 0 Å². The summed E-state index contributed by atoms with van der Waals surface area (Å²) in [5, 5.41) is 10.1. The van der Waals surface area contributed by atoms with Gasteiger partial charge in [0.1, 0.15) is 0 Å². The van der Waals surface area contributed by atoms with Gasteiger partial charge in [0.25, 0.3) is 0 Å². The fourth-order valence-corrected chi connectivity index (χ4v) is 4.10. The molecule has 4 heteroatoms. The van der Waals surface area contributed by atoms with Gasteiger partial charge in [0.15, 0.2) is 0 Å². The minimum absolute atomic E-state index is 0.0312. The van der Waals surface area contributed by atoms with Gasteiger partial charge in [-0.2, -0.15) is 0 Å². The van der Waals surface area contributed by atoms with Crippen molar-refractivity contribution in [1.29, 1.82) is 0 Å². The Morgan fingerprint density at radius 1 is 1.22 bits per heavy atom. The number of aliphatic hydroxyl groups is 1. The number of aliphatic hydroxyl groups excluding tert-OH is 1. The normalized spacial score (nSPS) is 27.3. The van der Waals surface area contributed by atoms with E-state index in [4.69, 9.17) is 0 Å². The maximum Gasteiger partial charge on any atom is 0.230 e. The molecule has 1 aromatic carbocycles. The lowest BCUT2D eigenvalue weighted by atomic mass is 9.85. The van der Waals surface area contributed by atoms with E-state index in [9.17, 15) is 9.90 Å². The minimum Gasteiger partial charge on any atom is -0.393 e. The molecule has 1 aromatic rings. The van der Waals surface area contributed by atoms with Crippen LogP contribution in [0.15, 0.2) is 24.3 Å². The number of amides is 1. The van der Waals surface area contributed by atoms with E-state index in [-0.39, 0.29) is 23.3 Å². The first-order valence-electron chi connectivity index (χ1n) is 8.64. The smallest absolute Gasteiger partial charge is 0.230 e. The molecule has 0 aromatic heterocycles. The molecule has 0 saturated carbocycles. The molecule has 3 rings (SSSR count). The van der Waals surface area contributed by atoms with E-state index in [1.54, 1.807) is 0 Å². The van der Waals surface area contributed by atoms with Crippen molar-refractivity contribution in [2.24, 2.45) is 5.41 Å². The van der Waals surface area contributed by atoms with Crippen LogP contribution in [-0.2, 0) is 4.79 Å². The second-order valence-electron chi connectivity index (χ2n) is 7.89. The number of carbonyl (C=O) groups excluding carboxylic acids is 1. The van der Waals surface area contributed by atoms with Crippen LogP contribution in [-0.4, -0.2) is 48.7 Å². The zero-order valence-corrected chi connectivity index (χ0v) is 14.5. The number of carbonyl (C=O) groups is 1. The molecule has 1 N–H and O–H groups in total. The maximum absolute atomic E-state index is 13.2. The molecule has 0 bridgehead atoms. The molecule has 2 aliphatic rings. The Morgan fingerprint density at radius 2 is 1.96 bits per heavy atom. The third-order valence-electron chi connectivity index (χ3n) is 5.23. The van der Waals surface area contributed by atoms with Crippen LogP contribution in [0.4, 0.5) is 5.69 Å². The van der Waals surface area contributed by atoms with Crippen molar-refractivity contribution in [3.63, 3.8) is 0 Å². The lowest BCUT2D eigenvalue weighted by molar-refractivity contribution is -0.134. The number of likely N-dealkylation sites (tertiary alicyclic amines) is 1. The number of nitrogens with zero attached hydrogens (tertiary/aromatic N) is 2. The van der Waals surface area contributed by atoms with Crippen molar-refractivity contribution in [2.45, 2.75) is 45.1 Å². The fraction of sp³-hybridized carbons (Fsp3) is 0.632. The summed E-state index contributed by atoms with van der Waals surface area (Å²) in [7, 11) is 2.09. The highest BCUT2D eigenvalue weighted by atomic mass is 16.3. The second kappa shape index (κ2) is 6.16. The number of hydrogen-bond donors (Lipinski definition) is 1. The Kier molecular flexibility index (Phi) is 4.37. The van der Waals surface area contributed by atoms with Crippen molar-refractivity contribution in [3.05, 3.63) is 29.8 Å². The van der Waals surface area contributed by atoms with Crippen LogP contribution in [0.3, 0.4) is 0 Å². The number of anilines is 1. The van der Waals surface area contributed by atoms with Crippen molar-refractivity contribution in [3.8, 4) is 0 Å². The number of hydrogen-bond acceptors (Lipinski definition) is 3. The number of para-hydroxylation sites is 1. The molecule has 0 radical (unpaired) electrons. The van der Waals surface area contributed by atoms with Crippen LogP contribution in [0, 0.1) is 5.41 Å². The van der Waals surface area contributed by atoms with Gasteiger partial charge in [0.05, 0.1) is 12.0 Å². The Balaban J connectivity index is 1.84. The Bertz CT molecular complexity index is 584. The Hall–Kier alpha value is -1.55. The molecule has 4 nitrogen and oxygen atoms in total. The summed E-state index contributed by atoms with van der Waals surface area (Å²) < 4.78 is 0. The summed E-state index contributed by atoms with van der Waals surface area (Å²) >= 11 is 0. The van der Waals surface area contributed by atoms with Crippen molar-refractivity contribution in [1.82, 2.24) is 4.90 Å². The summed E-state index contributed by atoms with van der Waals surface area (Å²) in [6.45, 7) is 6.59. The monoisotopic (exact) mass is 316 g/mol. The Morgan fingerprint density at radius 3 is 2.74 bits per heavy atom. The van der Waals surface area contributed by atoms with Crippen LogP contribution >= 0.6 is 0 Å². The largest absolute Gasteiger partial charge is 0.393 e. The van der Waals surface area contributed by atoms with Gasteiger partial charge >= 0.3 is 0 Å². The predicted octanol–water partition coefficient (Wildman–Crippen LogP) is 2.62. The van der Waals surface area contributed by atoms with Gasteiger partial charge in [-0.3, -0.25) is 4.79 Å². The average Bonchev–Trinajstić information content (AvgIpc) is 2.64. The van der Waals surface area contributed by atoms with E-state index in [1.165, 1.54) is 5.69 Å². The molecule has 2 aliphatic heterocycles. The summed E-state index contributed by atoms with van der Waals surface area (Å²) in [6, 6.07) is 8.25. The Labute approximate surface area is 139 Å². The number of rotatable bonds is 1. The molecular weight excluding hydrogens is 288 g/mol. The third-order valence-corrected chi connectivity index (χ3v) is 5.23. The van der Waals surface area contributed by atoms with Gasteiger partial charge in [0, 0.05) is 32.4 Å². The first-order chi connectivity index (χ1) is 10.9. The van der Waals surface area contributed by atoms with E-state index in [0.717, 1.165) is 31.5 Å². The molecule has 0 aliphatic carbocycles. The predicted molar refractivity (Wildman–Crippen MR) is 92.7 cm³/mol. The first kappa shape index (κ1) is 16.3. The minimum atomic E-state index is -0.299. The van der Waals surface area contributed by atoms with Gasteiger partial charge in [-0.15, -0.1) is 0 Å². The topological polar surface area (TPSA) is 43.8 Å². The van der Waals surface area contributed by atoms with E-state index < -0.39 is 0 Å². The second-order valence-corrected chi connectivity index (χ2v) is 7.89. The molecule has 1 saturated heterocycles. The summed E-state index contributed by atoms with van der Waals surface area (Å²) in [4.78, 5) is 17.4. The molecule has 2 heterocycles. The quantitative estimate of drug-likeness (QED) is 0.866. The zero-order chi connectivity index (χ0) is 16.6. The van der Waals surface area contributed by atoms with Crippen molar-refractivity contribution in [2.75, 3.05) is 31.6 Å². The highest BCUT2D eigenvalue weighted by Gasteiger charge is 2.36. The number of fused-ring (bicyclic) bond motifs is 1. The van der Waals surface area contributed by atoms with Crippen LogP contribution in [0.5, 0.6) is 0 Å². The molecule has 23 heavy (non-hydrogen) atoms. The van der Waals surface area contributed by atoms with E-state index in [2.05, 4.69) is 37.9 Å². The fourth-order valence-electron chi connectivity index (χ4n) is 4.10. The molecule has 1 amide bonds. The lowest BCUT2D eigenvalue weighted by Crippen LogP contribution is -2.42. The molecule has 2 unspecified atom stereocenters. The van der Waals surface area contributed by atoms with Crippen LogP contribution in [0.2, 0.25) is 0 Å². The molecule has 126 valence electrons. The van der Waals surface area contributed by atoms with Gasteiger partial charge in [0.2, 0.25) is 5.91 Å². The van der Waals surface area contributed by atoms with Gasteiger partial charge < -0.3 is 14.9 Å². The van der Waals surface area contributed by atoms with E-state index >= 15 is 0 Å². The summed E-state index contributed by atoms with van der Waals surface area (Å²) in [5.74, 6) is 0.182. The SMILES string of the molecule is CN1CCC(C(=O)N2CCC(O)CC(C)(C)C2)c2ccccc21. The standard InChI is InChI=1S/C19H28N2O2/c1-19(2)12-14(22)8-11-21(13-19)18(23)16-9-10-20(3)17-7-5-4-6-15(16)17/h4-7,14,16,22H,8-13H2,1-3H3. The highest BCUT2D eigenvalue weighted by molar-refractivity contribution is 5.86. The van der Waals surface area contributed by atoms with Crippen LogP contribution < -0.4 is 4.90 Å². The van der Waals surface area contributed by atoms with Crippen LogP contribution in [0.1, 0.15) is 44.6 Å². The molecular formula is C19H28N2O2. The van der Waals surface area contributed by atoms with Gasteiger partial charge in [-0.25, -0.2) is 0 Å². The van der Waals surface area contributed by atoms with E-state index in [1.807, 2.05) is 17.0 Å². The zero-order valence-electron chi connectivity index (χ0n) is 14.5. The van der Waals surface area contributed by atoms with Crippen molar-refractivity contribution < 1.29 is 9.90 Å². The summed E-state index contributed by atoms with van der Waals surface area (Å²) in [6.07, 6.45) is 2.02. The van der Waals surface area contributed by atoms with Gasteiger partial charge in [-0.05, 0) is 36.3 Å². The molecule has 2 atom stereocenters. The highest BCUT2D eigenvalue weighted by Crippen LogP contribution is 2.37.